The first kappa shape index (κ1) is 17.0. The summed E-state index contributed by atoms with van der Waals surface area (Å²) in [7, 11) is 0. The van der Waals surface area contributed by atoms with E-state index < -0.39 is 0 Å². The molecule has 2 fully saturated rings. The second-order valence-electron chi connectivity index (χ2n) is 8.57. The Bertz CT molecular complexity index is 815. The molecular weight excluding hydrogens is 334 g/mol. The van der Waals surface area contributed by atoms with Gasteiger partial charge in [0.2, 0.25) is 5.95 Å². The highest BCUT2D eigenvalue weighted by Gasteiger charge is 2.39. The summed E-state index contributed by atoms with van der Waals surface area (Å²) >= 11 is 0. The Kier molecular flexibility index (Phi) is 4.27. The molecule has 1 aromatic heterocycles. The monoisotopic (exact) mass is 363 g/mol. The number of benzene rings is 1. The van der Waals surface area contributed by atoms with Gasteiger partial charge in [0.05, 0.1) is 5.69 Å². The van der Waals surface area contributed by atoms with Crippen molar-refractivity contribution in [2.75, 3.05) is 36.8 Å². The van der Waals surface area contributed by atoms with Gasteiger partial charge in [-0.3, -0.25) is 0 Å². The molecule has 0 radical (unpaired) electrons. The molecule has 142 valence electrons. The van der Waals surface area contributed by atoms with Gasteiger partial charge < -0.3 is 16.0 Å². The first-order chi connectivity index (χ1) is 13.2. The minimum absolute atomic E-state index is 0.341. The van der Waals surface area contributed by atoms with E-state index in [0.29, 0.717) is 17.3 Å². The lowest BCUT2D eigenvalue weighted by Gasteiger charge is -2.42. The Hall–Kier alpha value is -2.14. The van der Waals surface area contributed by atoms with Crippen LogP contribution in [0.25, 0.3) is 0 Å². The van der Waals surface area contributed by atoms with E-state index in [-0.39, 0.29) is 0 Å². The number of nitrogens with zero attached hydrogens (tertiary/aromatic N) is 3. The molecule has 0 saturated carbocycles. The molecule has 3 N–H and O–H groups in total. The van der Waals surface area contributed by atoms with Crippen LogP contribution >= 0.6 is 0 Å². The number of aromatic nitrogens is 2. The van der Waals surface area contributed by atoms with Crippen LogP contribution in [0.3, 0.4) is 0 Å². The quantitative estimate of drug-likeness (QED) is 0.858. The smallest absolute Gasteiger partial charge is 0.222 e. The summed E-state index contributed by atoms with van der Waals surface area (Å²) in [5.74, 6) is 1.88. The zero-order chi connectivity index (χ0) is 18.3. The highest BCUT2D eigenvalue weighted by Crippen LogP contribution is 2.41. The fourth-order valence-corrected chi connectivity index (χ4v) is 5.22. The Morgan fingerprint density at radius 2 is 1.89 bits per heavy atom. The summed E-state index contributed by atoms with van der Waals surface area (Å²) in [6, 6.07) is 10.8. The highest BCUT2D eigenvalue weighted by molar-refractivity contribution is 5.55. The summed E-state index contributed by atoms with van der Waals surface area (Å²) in [5, 5.41) is 3.47. The first-order valence-corrected chi connectivity index (χ1v) is 10.4. The normalized spacial score (nSPS) is 24.1. The van der Waals surface area contributed by atoms with E-state index in [0.717, 1.165) is 31.7 Å². The van der Waals surface area contributed by atoms with Crippen molar-refractivity contribution in [1.29, 1.82) is 0 Å². The van der Waals surface area contributed by atoms with Crippen LogP contribution in [-0.4, -0.2) is 36.1 Å². The predicted octanol–water partition coefficient (Wildman–Crippen LogP) is 3.11. The maximum absolute atomic E-state index is 6.20. The lowest BCUT2D eigenvalue weighted by atomic mass is 9.75. The Morgan fingerprint density at radius 3 is 2.67 bits per heavy atom. The van der Waals surface area contributed by atoms with Crippen molar-refractivity contribution in [3.8, 4) is 0 Å². The molecule has 3 aliphatic rings. The molecule has 5 rings (SSSR count). The number of nitrogens with one attached hydrogen (secondary N) is 1. The molecule has 0 bridgehead atoms. The molecule has 3 heterocycles. The number of rotatable bonds is 2. The third kappa shape index (κ3) is 3.08. The van der Waals surface area contributed by atoms with Gasteiger partial charge in [-0.1, -0.05) is 30.3 Å². The van der Waals surface area contributed by atoms with Gasteiger partial charge in [-0.2, -0.15) is 4.98 Å². The van der Waals surface area contributed by atoms with E-state index in [1.165, 1.54) is 55.6 Å². The molecule has 1 atom stereocenters. The van der Waals surface area contributed by atoms with E-state index >= 15 is 0 Å². The molecule has 1 unspecified atom stereocenters. The van der Waals surface area contributed by atoms with Crippen LogP contribution in [-0.2, 0) is 6.42 Å². The van der Waals surface area contributed by atoms with Gasteiger partial charge in [0.1, 0.15) is 5.82 Å². The summed E-state index contributed by atoms with van der Waals surface area (Å²) in [6.45, 7) is 4.53. The van der Waals surface area contributed by atoms with Crippen LogP contribution < -0.4 is 16.0 Å². The molecule has 2 aliphatic heterocycles. The minimum atomic E-state index is 0.341. The van der Waals surface area contributed by atoms with E-state index in [9.17, 15) is 0 Å². The van der Waals surface area contributed by atoms with Gasteiger partial charge in [0.25, 0.3) is 0 Å². The van der Waals surface area contributed by atoms with Gasteiger partial charge >= 0.3 is 0 Å². The van der Waals surface area contributed by atoms with Crippen molar-refractivity contribution >= 4 is 11.8 Å². The standard InChI is InChI=1S/C22H29N5/c23-21-25-19-17(16-6-2-1-3-7-16)8-4-9-18(19)20(26-21)27-12-5-10-22(11-13-27)14-24-15-22/h1-3,6-7,17,24H,4-5,8-15H2,(H2,23,25,26). The van der Waals surface area contributed by atoms with Gasteiger partial charge in [0, 0.05) is 37.7 Å². The van der Waals surface area contributed by atoms with Crippen molar-refractivity contribution in [2.24, 2.45) is 5.41 Å². The molecule has 1 aromatic carbocycles. The number of nitrogen functional groups attached to an aromatic ring is 1. The van der Waals surface area contributed by atoms with Crippen LogP contribution in [0.1, 0.15) is 54.8 Å². The number of hydrogen-bond acceptors (Lipinski definition) is 5. The third-order valence-corrected chi connectivity index (χ3v) is 6.83. The van der Waals surface area contributed by atoms with Gasteiger partial charge in [-0.15, -0.1) is 0 Å². The Morgan fingerprint density at radius 1 is 1.04 bits per heavy atom. The number of nitrogens with two attached hydrogens (primary N) is 1. The molecule has 27 heavy (non-hydrogen) atoms. The van der Waals surface area contributed by atoms with E-state index in [1.807, 2.05) is 0 Å². The Balaban J connectivity index is 1.50. The lowest BCUT2D eigenvalue weighted by Crippen LogP contribution is -2.53. The molecule has 2 aromatic rings. The van der Waals surface area contributed by atoms with Crippen molar-refractivity contribution in [3.63, 3.8) is 0 Å². The van der Waals surface area contributed by atoms with Crippen LogP contribution in [0.4, 0.5) is 11.8 Å². The number of anilines is 2. The second kappa shape index (κ2) is 6.79. The largest absolute Gasteiger partial charge is 0.368 e. The summed E-state index contributed by atoms with van der Waals surface area (Å²) < 4.78 is 0. The topological polar surface area (TPSA) is 67.1 Å². The molecule has 1 spiro atoms. The van der Waals surface area contributed by atoms with Gasteiger partial charge in [-0.05, 0) is 49.5 Å². The first-order valence-electron chi connectivity index (χ1n) is 10.4. The average Bonchev–Trinajstić information content (AvgIpc) is 2.91. The van der Waals surface area contributed by atoms with Crippen LogP contribution in [0.15, 0.2) is 30.3 Å². The van der Waals surface area contributed by atoms with Gasteiger partial charge in [-0.25, -0.2) is 4.98 Å². The molecule has 1 aliphatic carbocycles. The minimum Gasteiger partial charge on any atom is -0.368 e. The Labute approximate surface area is 161 Å². The maximum atomic E-state index is 6.20. The fourth-order valence-electron chi connectivity index (χ4n) is 5.22. The van der Waals surface area contributed by atoms with Crippen LogP contribution in [0.5, 0.6) is 0 Å². The molecule has 5 nitrogen and oxygen atoms in total. The molecule has 5 heteroatoms. The number of fused-ring (bicyclic) bond motifs is 1. The van der Waals surface area contributed by atoms with Crippen LogP contribution in [0.2, 0.25) is 0 Å². The summed E-state index contributed by atoms with van der Waals surface area (Å²) in [6.07, 6.45) is 7.21. The predicted molar refractivity (Wildman–Crippen MR) is 109 cm³/mol. The SMILES string of the molecule is Nc1nc2c(c(N3CCCC4(CC3)CNC4)n1)CCCC2c1ccccc1. The van der Waals surface area contributed by atoms with Crippen molar-refractivity contribution in [1.82, 2.24) is 15.3 Å². The van der Waals surface area contributed by atoms with E-state index in [1.54, 1.807) is 0 Å². The van der Waals surface area contributed by atoms with E-state index in [4.69, 9.17) is 15.7 Å². The molecular formula is C22H29N5. The van der Waals surface area contributed by atoms with E-state index in [2.05, 4.69) is 40.5 Å². The average molecular weight is 364 g/mol. The lowest BCUT2D eigenvalue weighted by molar-refractivity contribution is 0.147. The zero-order valence-corrected chi connectivity index (χ0v) is 16.0. The summed E-state index contributed by atoms with van der Waals surface area (Å²) in [5.41, 5.74) is 10.6. The van der Waals surface area contributed by atoms with Crippen molar-refractivity contribution in [3.05, 3.63) is 47.2 Å². The molecule has 2 saturated heterocycles. The molecule has 0 amide bonds. The second-order valence-corrected chi connectivity index (χ2v) is 8.57. The van der Waals surface area contributed by atoms with Gasteiger partial charge in [0.15, 0.2) is 0 Å². The van der Waals surface area contributed by atoms with Crippen molar-refractivity contribution in [2.45, 2.75) is 44.4 Å². The number of hydrogen-bond donors (Lipinski definition) is 2. The highest BCUT2D eigenvalue weighted by atomic mass is 15.2. The van der Waals surface area contributed by atoms with Crippen molar-refractivity contribution < 1.29 is 0 Å². The fraction of sp³-hybridized carbons (Fsp3) is 0.545. The zero-order valence-electron chi connectivity index (χ0n) is 16.0. The van der Waals surface area contributed by atoms with Crippen LogP contribution in [0, 0.1) is 5.41 Å². The summed E-state index contributed by atoms with van der Waals surface area (Å²) in [4.78, 5) is 12.0. The maximum Gasteiger partial charge on any atom is 0.222 e. The third-order valence-electron chi connectivity index (χ3n) is 6.83.